The summed E-state index contributed by atoms with van der Waals surface area (Å²) in [7, 11) is 0. The highest BCUT2D eigenvalue weighted by molar-refractivity contribution is 14.1. The van der Waals surface area contributed by atoms with Gasteiger partial charge in [0.05, 0.1) is 32.9 Å². The first-order chi connectivity index (χ1) is 52.3. The fourth-order valence-electron chi connectivity index (χ4n) is 15.1. The second-order valence-corrected chi connectivity index (χ2v) is 35.8. The molecular formula is C94H101BrCl2F3IO12. The highest BCUT2D eigenvalue weighted by Gasteiger charge is 2.51. The van der Waals surface area contributed by atoms with E-state index in [2.05, 4.69) is 94.8 Å². The van der Waals surface area contributed by atoms with Gasteiger partial charge in [-0.15, -0.1) is 0 Å². The van der Waals surface area contributed by atoms with E-state index >= 15 is 0 Å². The first kappa shape index (κ1) is 89.0. The summed E-state index contributed by atoms with van der Waals surface area (Å²) in [6.45, 7) is 38.0. The van der Waals surface area contributed by atoms with Crippen molar-refractivity contribution in [3.8, 4) is 44.5 Å². The minimum absolute atomic E-state index is 0.00119. The van der Waals surface area contributed by atoms with Crippen LogP contribution in [0.1, 0.15) is 194 Å². The number of alkyl halides is 3. The lowest BCUT2D eigenvalue weighted by atomic mass is 9.80. The molecule has 113 heavy (non-hydrogen) atoms. The lowest BCUT2D eigenvalue weighted by Crippen LogP contribution is -2.49. The number of benzene rings is 8. The second kappa shape index (κ2) is 33.3. The van der Waals surface area contributed by atoms with Crippen molar-refractivity contribution in [1.82, 2.24) is 0 Å². The average molecular weight is 1760 g/mol. The van der Waals surface area contributed by atoms with Crippen LogP contribution in [-0.2, 0) is 70.0 Å². The number of halogens is 7. The molecule has 598 valence electrons. The van der Waals surface area contributed by atoms with E-state index in [4.69, 9.17) is 42.1 Å². The highest BCUT2D eigenvalue weighted by Crippen LogP contribution is 2.48. The van der Waals surface area contributed by atoms with Gasteiger partial charge in [-0.05, 0) is 333 Å². The number of Topliss-reactive ketones (excluding diaryl/α,β-unsaturated/α-hetero) is 4. The Hall–Kier alpha value is -7.98. The molecule has 4 aliphatic heterocycles. The van der Waals surface area contributed by atoms with Crippen molar-refractivity contribution in [3.63, 3.8) is 0 Å². The predicted molar refractivity (Wildman–Crippen MR) is 460 cm³/mol. The molecule has 12 nitrogen and oxygen atoms in total. The Morgan fingerprint density at radius 1 is 0.354 bits per heavy atom. The van der Waals surface area contributed by atoms with Gasteiger partial charge in [-0.2, -0.15) is 13.2 Å². The molecule has 0 unspecified atom stereocenters. The fraction of sp³-hybridized carbons (Fsp3) is 0.362. The monoisotopic (exact) mass is 1750 g/mol. The van der Waals surface area contributed by atoms with Crippen LogP contribution >= 0.6 is 61.7 Å². The van der Waals surface area contributed by atoms with Crippen LogP contribution in [0.3, 0.4) is 0 Å². The van der Waals surface area contributed by atoms with Gasteiger partial charge in [0.25, 0.3) is 0 Å². The summed E-state index contributed by atoms with van der Waals surface area (Å²) in [4.78, 5) is 52.7. The first-order valence-corrected chi connectivity index (χ1v) is 40.4. The van der Waals surface area contributed by atoms with Crippen LogP contribution < -0.4 is 0 Å². The van der Waals surface area contributed by atoms with Gasteiger partial charge in [-0.25, -0.2) is 0 Å². The second-order valence-electron chi connectivity index (χ2n) is 32.8. The van der Waals surface area contributed by atoms with Gasteiger partial charge in [0, 0.05) is 13.1 Å². The van der Waals surface area contributed by atoms with Gasteiger partial charge in [-0.1, -0.05) is 152 Å². The summed E-state index contributed by atoms with van der Waals surface area (Å²) < 4.78 is 65.6. The minimum Gasteiger partial charge on any atom is -0.508 e. The number of rotatable bonds is 12. The Morgan fingerprint density at radius 2 is 0.619 bits per heavy atom. The summed E-state index contributed by atoms with van der Waals surface area (Å²) in [5, 5.41) is 43.9. The van der Waals surface area contributed by atoms with Crippen molar-refractivity contribution in [2.45, 2.75) is 222 Å². The van der Waals surface area contributed by atoms with Gasteiger partial charge < -0.3 is 39.4 Å². The van der Waals surface area contributed by atoms with E-state index in [1.807, 2.05) is 99.6 Å². The summed E-state index contributed by atoms with van der Waals surface area (Å²) in [5.41, 5.74) is 6.95. The summed E-state index contributed by atoms with van der Waals surface area (Å²) in [6, 6.07) is 49.2. The van der Waals surface area contributed by atoms with Crippen molar-refractivity contribution in [3.05, 3.63) is 254 Å². The van der Waals surface area contributed by atoms with Crippen molar-refractivity contribution in [2.75, 3.05) is 0 Å². The standard InChI is InChI=1S/C24H24ClF3O3.C24H27ClO3.C23H25BrO3.C23H25IO3/c1-6-13-7-8-14(15-9-10-18(25)17(12-15)24(26,27)28)11-16(13)19-20(29)22(2,3)31-23(4,5)21(19)30;1-7-15-8-9-16(18-11-10-17(25)12-14(18)2)13-19(15)20-21(26)23(3,4)28-24(5,6)22(20)27;2*1-6-14-7-8-16(15-9-11-17(24)12-10-15)13-18(14)19-20(25)22(2,3)27-23(4,5)21(19)26/h7-12,29H,6H2,1-5H3;8-13,26H,7H2,1-6H3;2*7-13,25H,6H2,1-5H3. The van der Waals surface area contributed by atoms with Crippen LogP contribution in [0.2, 0.25) is 10.0 Å². The summed E-state index contributed by atoms with van der Waals surface area (Å²) in [6.07, 6.45) is -1.74. The number of ether oxygens (including phenoxy) is 4. The molecule has 0 saturated carbocycles. The molecule has 19 heteroatoms. The molecule has 8 aromatic carbocycles. The van der Waals surface area contributed by atoms with Crippen LogP contribution in [0.4, 0.5) is 13.2 Å². The maximum absolute atomic E-state index is 13.3. The van der Waals surface area contributed by atoms with Crippen molar-refractivity contribution < 1.29 is 71.7 Å². The molecule has 4 heterocycles. The molecule has 0 spiro atoms. The van der Waals surface area contributed by atoms with Gasteiger partial charge in [0.2, 0.25) is 0 Å². The summed E-state index contributed by atoms with van der Waals surface area (Å²) >= 11 is 17.6. The van der Waals surface area contributed by atoms with E-state index in [1.54, 1.807) is 129 Å². The van der Waals surface area contributed by atoms with E-state index < -0.39 is 56.5 Å². The number of aryl methyl sites for hydroxylation is 5. The van der Waals surface area contributed by atoms with Crippen molar-refractivity contribution in [2.24, 2.45) is 0 Å². The van der Waals surface area contributed by atoms with Crippen molar-refractivity contribution >= 4 is 107 Å². The predicted octanol–water partition coefficient (Wildman–Crippen LogP) is 25.4. The van der Waals surface area contributed by atoms with Crippen molar-refractivity contribution in [1.29, 1.82) is 0 Å². The molecule has 0 amide bonds. The molecule has 0 radical (unpaired) electrons. The Morgan fingerprint density at radius 3 is 0.920 bits per heavy atom. The Bertz CT molecular complexity index is 5050. The molecule has 0 aromatic heterocycles. The maximum Gasteiger partial charge on any atom is 0.417 e. The third-order valence-corrected chi connectivity index (χ3v) is 22.7. The average Bonchev–Trinajstić information content (AvgIpc) is 0.759. The first-order valence-electron chi connectivity index (χ1n) is 37.7. The molecule has 8 aromatic rings. The highest BCUT2D eigenvalue weighted by atomic mass is 127. The van der Waals surface area contributed by atoms with Crippen LogP contribution in [0.25, 0.3) is 66.8 Å². The Kier molecular flexibility index (Phi) is 26.2. The normalized spacial score (nSPS) is 18.5. The zero-order valence-corrected chi connectivity index (χ0v) is 73.3. The number of hydrogen-bond acceptors (Lipinski definition) is 12. The van der Waals surface area contributed by atoms with Gasteiger partial charge >= 0.3 is 6.18 Å². The summed E-state index contributed by atoms with van der Waals surface area (Å²) in [5.74, 6) is -1.19. The van der Waals surface area contributed by atoms with Gasteiger partial charge in [-0.3, -0.25) is 19.2 Å². The Labute approximate surface area is 694 Å². The third kappa shape index (κ3) is 18.8. The lowest BCUT2D eigenvalue weighted by Gasteiger charge is -2.40. The quantitative estimate of drug-likeness (QED) is 0.0850. The van der Waals surface area contributed by atoms with E-state index in [-0.39, 0.29) is 56.8 Å². The van der Waals surface area contributed by atoms with Gasteiger partial charge in [0.1, 0.15) is 67.8 Å². The van der Waals surface area contributed by atoms with Crippen LogP contribution in [-0.4, -0.2) is 88.4 Å². The molecule has 0 aliphatic carbocycles. The zero-order valence-electron chi connectivity index (χ0n) is 68.0. The van der Waals surface area contributed by atoms with Crippen LogP contribution in [0.15, 0.2) is 185 Å². The SMILES string of the molecule is CCc1ccc(-c2ccc(Br)cc2)cc1C1=C(O)C(C)(C)OC(C)(C)C1=O.CCc1ccc(-c2ccc(Cl)c(C(F)(F)F)c2)cc1C1=C(O)C(C)(C)OC(C)(C)C1=O.CCc1ccc(-c2ccc(Cl)cc2C)cc1C1=C(O)C(C)(C)OC(C)(C)C1=O.CCc1ccc(-c2ccc(I)cc2)cc1C1=C(O)C(C)(C)OC(C)(C)C1=O. The number of carbonyl (C=O) groups is 4. The molecule has 4 N–H and O–H groups in total. The van der Waals surface area contributed by atoms with E-state index in [9.17, 15) is 52.8 Å². The molecule has 0 saturated heterocycles. The number of hydrogen-bond donors (Lipinski definition) is 4. The molecule has 0 bridgehead atoms. The minimum atomic E-state index is -4.59. The molecule has 4 aliphatic rings. The van der Waals surface area contributed by atoms with E-state index in [0.717, 1.165) is 108 Å². The van der Waals surface area contributed by atoms with Crippen LogP contribution in [0.5, 0.6) is 0 Å². The smallest absolute Gasteiger partial charge is 0.417 e. The van der Waals surface area contributed by atoms with E-state index in [0.29, 0.717) is 44.9 Å². The number of carbonyl (C=O) groups excluding carboxylic acids is 4. The van der Waals surface area contributed by atoms with Crippen LogP contribution in [0, 0.1) is 10.5 Å². The molecule has 0 fully saturated rings. The van der Waals surface area contributed by atoms with Gasteiger partial charge in [0.15, 0.2) is 23.1 Å². The fourth-order valence-corrected chi connectivity index (χ4v) is 16.2. The largest absolute Gasteiger partial charge is 0.508 e. The molecule has 0 atom stereocenters. The molecule has 12 rings (SSSR count). The number of aliphatic hydroxyl groups is 4. The third-order valence-electron chi connectivity index (χ3n) is 20.9. The maximum atomic E-state index is 13.3. The lowest BCUT2D eigenvalue weighted by molar-refractivity contribution is -0.158. The van der Waals surface area contributed by atoms with E-state index in [1.165, 1.54) is 15.7 Å². The zero-order chi connectivity index (χ0) is 84.2. The number of aliphatic hydroxyl groups excluding tert-OH is 4. The topological polar surface area (TPSA) is 186 Å². The molecular weight excluding hydrogens is 1660 g/mol. The Balaban J connectivity index is 0.000000173. The number of ketones is 4.